The molecule has 1 unspecified atom stereocenters. The zero-order chi connectivity index (χ0) is 22.7. The summed E-state index contributed by atoms with van der Waals surface area (Å²) in [6.07, 6.45) is -0.656. The van der Waals surface area contributed by atoms with E-state index in [4.69, 9.17) is 16.3 Å². The van der Waals surface area contributed by atoms with E-state index in [0.717, 1.165) is 10.1 Å². The molecular formula is C23H20ClN3O5. The van der Waals surface area contributed by atoms with Crippen LogP contribution in [0.2, 0.25) is 5.02 Å². The number of hydrogen-bond acceptors (Lipinski definition) is 5. The van der Waals surface area contributed by atoms with Gasteiger partial charge in [-0.15, -0.1) is 0 Å². The lowest BCUT2D eigenvalue weighted by atomic mass is 10.0. The van der Waals surface area contributed by atoms with E-state index in [1.165, 1.54) is 23.7 Å². The summed E-state index contributed by atoms with van der Waals surface area (Å²) in [5.74, 6) is -0.519. The number of aromatic hydroxyl groups is 2. The Kier molecular flexibility index (Phi) is 4.65. The van der Waals surface area contributed by atoms with Crippen molar-refractivity contribution in [2.45, 2.75) is 12.6 Å². The summed E-state index contributed by atoms with van der Waals surface area (Å²) in [5.41, 5.74) is 2.32. The number of phenols is 2. The number of rotatable bonds is 2. The van der Waals surface area contributed by atoms with Crippen molar-refractivity contribution >= 4 is 22.5 Å². The highest BCUT2D eigenvalue weighted by atomic mass is 35.5. The number of hydrogen-bond donors (Lipinski definition) is 2. The van der Waals surface area contributed by atoms with Crippen LogP contribution in [0.25, 0.3) is 22.2 Å². The molecule has 1 atom stereocenters. The van der Waals surface area contributed by atoms with Gasteiger partial charge in [-0.2, -0.15) is 0 Å². The highest BCUT2D eigenvalue weighted by molar-refractivity contribution is 6.30. The number of halogens is 1. The predicted molar refractivity (Wildman–Crippen MR) is 120 cm³/mol. The quantitative estimate of drug-likeness (QED) is 0.455. The van der Waals surface area contributed by atoms with Gasteiger partial charge in [-0.1, -0.05) is 29.8 Å². The van der Waals surface area contributed by atoms with Crippen LogP contribution >= 0.6 is 11.6 Å². The van der Waals surface area contributed by atoms with Crippen molar-refractivity contribution in [2.75, 3.05) is 6.61 Å². The van der Waals surface area contributed by atoms with Crippen LogP contribution in [0.3, 0.4) is 0 Å². The average molecular weight is 454 g/mol. The van der Waals surface area contributed by atoms with Gasteiger partial charge in [0.25, 0.3) is 5.56 Å². The Balaban J connectivity index is 1.93. The van der Waals surface area contributed by atoms with Gasteiger partial charge in [-0.05, 0) is 35.4 Å². The van der Waals surface area contributed by atoms with Gasteiger partial charge in [0, 0.05) is 25.7 Å². The summed E-state index contributed by atoms with van der Waals surface area (Å²) in [4.78, 5) is 26.1. The topological polar surface area (TPSA) is 98.6 Å². The summed E-state index contributed by atoms with van der Waals surface area (Å²) >= 11 is 6.09. The first-order valence-electron chi connectivity index (χ1n) is 10.0. The molecule has 0 aliphatic carbocycles. The Hall–Kier alpha value is -3.49. The molecule has 2 aromatic heterocycles. The van der Waals surface area contributed by atoms with Gasteiger partial charge >= 0.3 is 5.69 Å². The zero-order valence-corrected chi connectivity index (χ0v) is 18.1. The number of ether oxygens (including phenoxy) is 1. The first-order chi connectivity index (χ1) is 15.3. The lowest BCUT2D eigenvalue weighted by Gasteiger charge is -2.28. The van der Waals surface area contributed by atoms with Gasteiger partial charge in [-0.25, -0.2) is 4.79 Å². The molecule has 0 spiro atoms. The third kappa shape index (κ3) is 2.87. The number of fused-ring (bicyclic) bond motifs is 3. The standard InChI is InChI=1S/C23H20ClN3O5/c1-25-19-17(22(30)26(2)23(25)31)18(12-3-6-14(24)7-4-12)27-9-10-32-21(20(19)27)13-5-8-15(28)16(29)11-13/h3-8,11,21,28-29H,9-10H2,1-2H3. The van der Waals surface area contributed by atoms with Crippen LogP contribution in [0.1, 0.15) is 17.4 Å². The fourth-order valence-electron chi connectivity index (χ4n) is 4.45. The summed E-state index contributed by atoms with van der Waals surface area (Å²) in [5, 5.41) is 20.8. The van der Waals surface area contributed by atoms with Gasteiger partial charge in [0.2, 0.25) is 0 Å². The molecule has 0 saturated heterocycles. The molecule has 0 fully saturated rings. The molecule has 1 aliphatic heterocycles. The van der Waals surface area contributed by atoms with Crippen LogP contribution < -0.4 is 11.2 Å². The number of benzene rings is 2. The second-order valence-corrected chi connectivity index (χ2v) is 8.26. The Morgan fingerprint density at radius 3 is 2.41 bits per heavy atom. The van der Waals surface area contributed by atoms with Crippen LogP contribution in [0, 0.1) is 0 Å². The Labute approximate surface area is 187 Å². The van der Waals surface area contributed by atoms with E-state index in [0.29, 0.717) is 46.0 Å². The highest BCUT2D eigenvalue weighted by Crippen LogP contribution is 2.42. The first kappa shape index (κ1) is 20.4. The summed E-state index contributed by atoms with van der Waals surface area (Å²) in [7, 11) is 3.08. The molecule has 4 aromatic rings. The molecule has 8 nitrogen and oxygen atoms in total. The van der Waals surface area contributed by atoms with E-state index in [-0.39, 0.29) is 11.5 Å². The van der Waals surface area contributed by atoms with E-state index in [1.807, 2.05) is 16.7 Å². The van der Waals surface area contributed by atoms with Crippen LogP contribution in [0.5, 0.6) is 11.5 Å². The van der Waals surface area contributed by atoms with Crippen molar-refractivity contribution < 1.29 is 14.9 Å². The molecule has 2 aromatic carbocycles. The largest absolute Gasteiger partial charge is 0.504 e. The molecule has 0 saturated carbocycles. The number of aryl methyl sites for hydroxylation is 1. The molecular weight excluding hydrogens is 434 g/mol. The minimum atomic E-state index is -0.656. The van der Waals surface area contributed by atoms with Crippen molar-refractivity contribution in [1.82, 2.24) is 13.7 Å². The first-order valence-corrected chi connectivity index (χ1v) is 10.4. The molecule has 0 bridgehead atoms. The molecule has 1 aliphatic rings. The van der Waals surface area contributed by atoms with Gasteiger partial charge in [-0.3, -0.25) is 13.9 Å². The Morgan fingerprint density at radius 1 is 1.00 bits per heavy atom. The van der Waals surface area contributed by atoms with Crippen molar-refractivity contribution in [3.8, 4) is 22.8 Å². The maximum atomic E-state index is 13.3. The number of nitrogens with zero attached hydrogens (tertiary/aromatic N) is 3. The van der Waals surface area contributed by atoms with Crippen molar-refractivity contribution in [3.63, 3.8) is 0 Å². The van der Waals surface area contributed by atoms with Gasteiger partial charge < -0.3 is 19.5 Å². The molecule has 2 N–H and O–H groups in total. The van der Waals surface area contributed by atoms with Gasteiger partial charge in [0.05, 0.1) is 28.9 Å². The maximum absolute atomic E-state index is 13.3. The van der Waals surface area contributed by atoms with Gasteiger partial charge in [0.15, 0.2) is 11.5 Å². The summed E-state index contributed by atoms with van der Waals surface area (Å²) in [6.45, 7) is 0.828. The zero-order valence-electron chi connectivity index (χ0n) is 17.4. The van der Waals surface area contributed by atoms with E-state index >= 15 is 0 Å². The third-order valence-corrected chi connectivity index (χ3v) is 6.22. The van der Waals surface area contributed by atoms with Crippen LogP contribution in [0.15, 0.2) is 52.1 Å². The van der Waals surface area contributed by atoms with Crippen LogP contribution in [-0.4, -0.2) is 30.5 Å². The molecule has 0 radical (unpaired) electrons. The smallest absolute Gasteiger partial charge is 0.331 e. The van der Waals surface area contributed by atoms with E-state index in [2.05, 4.69) is 0 Å². The maximum Gasteiger partial charge on any atom is 0.331 e. The molecule has 3 heterocycles. The lowest BCUT2D eigenvalue weighted by Crippen LogP contribution is -2.37. The molecule has 9 heteroatoms. The monoisotopic (exact) mass is 453 g/mol. The second-order valence-electron chi connectivity index (χ2n) is 7.82. The van der Waals surface area contributed by atoms with E-state index < -0.39 is 17.4 Å². The molecule has 164 valence electrons. The third-order valence-electron chi connectivity index (χ3n) is 5.97. The van der Waals surface area contributed by atoms with Crippen molar-refractivity contribution in [3.05, 3.63) is 79.6 Å². The normalized spacial score (nSPS) is 15.8. The second kappa shape index (κ2) is 7.29. The molecule has 0 amide bonds. The lowest BCUT2D eigenvalue weighted by molar-refractivity contribution is 0.0477. The predicted octanol–water partition coefficient (Wildman–Crippen LogP) is 2.89. The fourth-order valence-corrected chi connectivity index (χ4v) is 4.57. The number of aromatic nitrogens is 3. The summed E-state index contributed by atoms with van der Waals surface area (Å²) < 4.78 is 10.6. The minimum absolute atomic E-state index is 0.243. The fraction of sp³-hybridized carbons (Fsp3) is 0.217. The Bertz CT molecular complexity index is 1500. The average Bonchev–Trinajstić information content (AvgIpc) is 3.14. The van der Waals surface area contributed by atoms with E-state index in [9.17, 15) is 19.8 Å². The summed E-state index contributed by atoms with van der Waals surface area (Å²) in [6, 6.07) is 11.6. The number of phenolic OH excluding ortho intramolecular Hbond substituents is 2. The SMILES string of the molecule is Cn1c(=O)c2c(-c3ccc(Cl)cc3)n3c(c2n(C)c1=O)C(c1ccc(O)c(O)c1)OCC3. The minimum Gasteiger partial charge on any atom is -0.504 e. The highest BCUT2D eigenvalue weighted by Gasteiger charge is 2.33. The Morgan fingerprint density at radius 2 is 1.72 bits per heavy atom. The van der Waals surface area contributed by atoms with Gasteiger partial charge in [0.1, 0.15) is 6.10 Å². The van der Waals surface area contributed by atoms with Crippen LogP contribution in [0.4, 0.5) is 0 Å². The van der Waals surface area contributed by atoms with Crippen molar-refractivity contribution in [2.24, 2.45) is 14.1 Å². The molecule has 32 heavy (non-hydrogen) atoms. The van der Waals surface area contributed by atoms with E-state index in [1.54, 1.807) is 25.2 Å². The van der Waals surface area contributed by atoms with Crippen LogP contribution in [-0.2, 0) is 25.4 Å². The molecule has 5 rings (SSSR count). The van der Waals surface area contributed by atoms with Crippen molar-refractivity contribution in [1.29, 1.82) is 0 Å².